The Morgan fingerprint density at radius 2 is 1.30 bits per heavy atom. The Morgan fingerprint density at radius 3 is 1.78 bits per heavy atom. The first-order valence-corrected chi connectivity index (χ1v) is 10.2. The van der Waals surface area contributed by atoms with Gasteiger partial charge in [-0.3, -0.25) is 0 Å². The quantitative estimate of drug-likeness (QED) is 0.733. The van der Waals surface area contributed by atoms with Crippen molar-refractivity contribution in [2.45, 2.75) is 30.3 Å². The van der Waals surface area contributed by atoms with Gasteiger partial charge >= 0.3 is 29.6 Å². The van der Waals surface area contributed by atoms with Gasteiger partial charge in [-0.2, -0.15) is 0 Å². The minimum absolute atomic E-state index is 0. The van der Waals surface area contributed by atoms with E-state index in [-0.39, 0.29) is 39.1 Å². The van der Waals surface area contributed by atoms with E-state index in [4.69, 9.17) is 0 Å². The average molecular weight is 326 g/mol. The fraction of sp³-hybridized carbons (Fsp3) is 0.238. The van der Waals surface area contributed by atoms with Crippen LogP contribution in [0.1, 0.15) is 41.0 Å². The van der Waals surface area contributed by atoms with E-state index in [1.807, 2.05) is 0 Å². The molecule has 0 bridgehead atoms. The van der Waals surface area contributed by atoms with E-state index in [1.54, 1.807) is 11.1 Å². The van der Waals surface area contributed by atoms with Gasteiger partial charge < -0.3 is 0 Å². The van der Waals surface area contributed by atoms with Crippen molar-refractivity contribution in [3.63, 3.8) is 0 Å². The predicted molar refractivity (Wildman–Crippen MR) is 106 cm³/mol. The topological polar surface area (TPSA) is 0 Å². The zero-order valence-corrected chi connectivity index (χ0v) is 14.5. The molecule has 0 aromatic heterocycles. The second-order valence-electron chi connectivity index (χ2n) is 6.48. The van der Waals surface area contributed by atoms with Crippen LogP contribution in [0.15, 0.2) is 60.7 Å². The molecule has 0 spiro atoms. The second kappa shape index (κ2) is 7.35. The van der Waals surface area contributed by atoms with Crippen LogP contribution in [-0.4, -0.2) is 39.1 Å². The molecule has 0 nitrogen and oxygen atoms in total. The van der Waals surface area contributed by atoms with Crippen LogP contribution in [0.5, 0.6) is 0 Å². The van der Waals surface area contributed by atoms with Crippen LogP contribution in [0.25, 0.3) is 12.2 Å². The molecule has 0 saturated heterocycles. The number of fused-ring (bicyclic) bond motifs is 2. The van der Waals surface area contributed by atoms with Crippen LogP contribution in [0.3, 0.4) is 0 Å². The molecule has 0 N–H and O–H groups in total. The standard InChI is InChI=1S/C21H22Si.Na.H/c1-2-22-21(19-13-11-15-7-3-5-9-17(15)19)20-14-12-16-8-4-6-10-18(16)20;;/h3-14,19-21H,2,22H2,1H3;;. The van der Waals surface area contributed by atoms with Crippen LogP contribution in [0, 0.1) is 0 Å². The molecule has 0 radical (unpaired) electrons. The summed E-state index contributed by atoms with van der Waals surface area (Å²) in [6, 6.07) is 19.3. The van der Waals surface area contributed by atoms with Crippen LogP contribution in [0.4, 0.5) is 0 Å². The van der Waals surface area contributed by atoms with Crippen molar-refractivity contribution in [3.05, 3.63) is 82.9 Å². The normalized spacial score (nSPS) is 22.1. The van der Waals surface area contributed by atoms with Crippen molar-refractivity contribution >= 4 is 51.2 Å². The maximum atomic E-state index is 2.47. The van der Waals surface area contributed by atoms with Gasteiger partial charge in [0.25, 0.3) is 0 Å². The third kappa shape index (κ3) is 3.08. The number of hydrogen-bond acceptors (Lipinski definition) is 0. The number of benzene rings is 2. The Balaban J connectivity index is 0.00000156. The zero-order valence-electron chi connectivity index (χ0n) is 13.1. The number of rotatable bonds is 4. The molecule has 2 unspecified atom stereocenters. The average Bonchev–Trinajstić information content (AvgIpc) is 3.17. The third-order valence-electron chi connectivity index (χ3n) is 5.22. The second-order valence-corrected chi connectivity index (χ2v) is 9.00. The SMILES string of the molecule is CC[SiH2]C(C1C=Cc2ccccc21)C1C=Cc2ccccc21.[NaH]. The Kier molecular flexibility index (Phi) is 5.43. The van der Waals surface area contributed by atoms with Crippen molar-refractivity contribution in [1.82, 2.24) is 0 Å². The van der Waals surface area contributed by atoms with Crippen molar-refractivity contribution in [1.29, 1.82) is 0 Å². The van der Waals surface area contributed by atoms with Crippen molar-refractivity contribution < 1.29 is 0 Å². The van der Waals surface area contributed by atoms with E-state index >= 15 is 0 Å². The first-order chi connectivity index (χ1) is 10.9. The monoisotopic (exact) mass is 326 g/mol. The van der Waals surface area contributed by atoms with Gasteiger partial charge in [-0.15, -0.1) is 0 Å². The van der Waals surface area contributed by atoms with Gasteiger partial charge in [0, 0.05) is 21.4 Å². The summed E-state index contributed by atoms with van der Waals surface area (Å²) in [6.45, 7) is 2.37. The fourth-order valence-electron chi connectivity index (χ4n) is 4.22. The Hall–Kier alpha value is -0.863. The molecule has 0 aliphatic heterocycles. The summed E-state index contributed by atoms with van der Waals surface area (Å²) in [7, 11) is -0.105. The van der Waals surface area contributed by atoms with Crippen LogP contribution < -0.4 is 0 Å². The van der Waals surface area contributed by atoms with Gasteiger partial charge in [0.1, 0.15) is 0 Å². The summed E-state index contributed by atoms with van der Waals surface area (Å²) < 4.78 is 0. The molecule has 2 atom stereocenters. The van der Waals surface area contributed by atoms with E-state index in [0.29, 0.717) is 11.8 Å². The predicted octanol–water partition coefficient (Wildman–Crippen LogP) is 4.35. The van der Waals surface area contributed by atoms with E-state index in [2.05, 4.69) is 79.8 Å². The van der Waals surface area contributed by atoms with E-state index in [0.717, 1.165) is 5.54 Å². The van der Waals surface area contributed by atoms with Gasteiger partial charge in [0.05, 0.1) is 0 Å². The molecular weight excluding hydrogens is 303 g/mol. The Labute approximate surface area is 163 Å². The number of hydrogen-bond donors (Lipinski definition) is 0. The summed E-state index contributed by atoms with van der Waals surface area (Å²) in [5, 5.41) is 0. The van der Waals surface area contributed by atoms with Gasteiger partial charge in [0.15, 0.2) is 0 Å². The Bertz CT molecular complexity index is 686. The molecule has 0 saturated carbocycles. The first-order valence-electron chi connectivity index (χ1n) is 8.42. The summed E-state index contributed by atoms with van der Waals surface area (Å²) >= 11 is 0. The summed E-state index contributed by atoms with van der Waals surface area (Å²) in [5.74, 6) is 1.23. The maximum absolute atomic E-state index is 2.47. The molecule has 2 aromatic carbocycles. The molecule has 2 aliphatic rings. The van der Waals surface area contributed by atoms with Crippen LogP contribution in [-0.2, 0) is 0 Å². The van der Waals surface area contributed by atoms with Crippen LogP contribution in [0.2, 0.25) is 11.6 Å². The van der Waals surface area contributed by atoms with E-state index < -0.39 is 0 Å². The number of allylic oxidation sites excluding steroid dienone is 2. The van der Waals surface area contributed by atoms with E-state index in [9.17, 15) is 0 Å². The molecule has 23 heavy (non-hydrogen) atoms. The van der Waals surface area contributed by atoms with Crippen LogP contribution >= 0.6 is 0 Å². The molecule has 0 heterocycles. The molecule has 0 fully saturated rings. The first kappa shape index (κ1) is 17.0. The van der Waals surface area contributed by atoms with Gasteiger partial charge in [-0.25, -0.2) is 0 Å². The van der Waals surface area contributed by atoms with Crippen molar-refractivity contribution in [3.8, 4) is 0 Å². The van der Waals surface area contributed by atoms with E-state index in [1.165, 1.54) is 17.2 Å². The molecule has 2 aliphatic carbocycles. The molecule has 112 valence electrons. The summed E-state index contributed by atoms with van der Waals surface area (Å²) in [4.78, 5) is 0. The molecule has 2 heteroatoms. The third-order valence-corrected chi connectivity index (χ3v) is 7.48. The summed E-state index contributed by atoms with van der Waals surface area (Å²) in [6.07, 6.45) is 9.60. The minimum atomic E-state index is -0.105. The zero-order chi connectivity index (χ0) is 14.9. The van der Waals surface area contributed by atoms with Gasteiger partial charge in [-0.05, 0) is 27.8 Å². The van der Waals surface area contributed by atoms with Gasteiger partial charge in [0.2, 0.25) is 0 Å². The fourth-order valence-corrected chi connectivity index (χ4v) is 6.42. The van der Waals surface area contributed by atoms with Crippen molar-refractivity contribution in [2.24, 2.45) is 0 Å². The molecular formula is C21H23NaSi. The van der Waals surface area contributed by atoms with Gasteiger partial charge in [-0.1, -0.05) is 85.8 Å². The van der Waals surface area contributed by atoms with Crippen molar-refractivity contribution in [2.75, 3.05) is 0 Å². The molecule has 2 aromatic rings. The molecule has 4 rings (SSSR count). The molecule has 0 amide bonds. The summed E-state index contributed by atoms with van der Waals surface area (Å²) in [5.41, 5.74) is 6.75. The Morgan fingerprint density at radius 1 is 0.826 bits per heavy atom.